The molecule has 6 heteroatoms. The van der Waals surface area contributed by atoms with Crippen molar-refractivity contribution < 1.29 is 14.0 Å². The summed E-state index contributed by atoms with van der Waals surface area (Å²) in [5, 5.41) is 2.75. The van der Waals surface area contributed by atoms with Gasteiger partial charge in [0.05, 0.1) is 6.54 Å². The maximum absolute atomic E-state index is 13.0. The number of piperazine rings is 1. The van der Waals surface area contributed by atoms with Crippen LogP contribution in [0.15, 0.2) is 24.3 Å². The van der Waals surface area contributed by atoms with E-state index in [4.69, 9.17) is 5.73 Å². The van der Waals surface area contributed by atoms with Gasteiger partial charge < -0.3 is 16.0 Å². The van der Waals surface area contributed by atoms with Gasteiger partial charge in [0.15, 0.2) is 0 Å². The van der Waals surface area contributed by atoms with Gasteiger partial charge in [-0.15, -0.1) is 0 Å². The summed E-state index contributed by atoms with van der Waals surface area (Å²) >= 11 is 0. The van der Waals surface area contributed by atoms with E-state index >= 15 is 0 Å². The van der Waals surface area contributed by atoms with Crippen molar-refractivity contribution in [3.8, 4) is 0 Å². The highest BCUT2D eigenvalue weighted by molar-refractivity contribution is 5.95. The van der Waals surface area contributed by atoms with Gasteiger partial charge in [-0.2, -0.15) is 0 Å². The third-order valence-electron chi connectivity index (χ3n) is 5.06. The van der Waals surface area contributed by atoms with Crippen LogP contribution in [0.2, 0.25) is 0 Å². The average Bonchev–Trinajstić information content (AvgIpc) is 2.56. The molecule has 0 spiro atoms. The number of benzene rings is 1. The minimum atomic E-state index is -0.587. The molecule has 0 bridgehead atoms. The highest BCUT2D eigenvalue weighted by Crippen LogP contribution is 2.24. The van der Waals surface area contributed by atoms with E-state index in [1.165, 1.54) is 12.1 Å². The Morgan fingerprint density at radius 1 is 1.17 bits per heavy atom. The molecule has 0 radical (unpaired) electrons. The number of nitrogens with zero attached hydrogens (tertiary/aromatic N) is 1. The predicted molar refractivity (Wildman–Crippen MR) is 88.5 cm³/mol. The van der Waals surface area contributed by atoms with Crippen molar-refractivity contribution in [3.63, 3.8) is 0 Å². The minimum Gasteiger partial charge on any atom is -0.342 e. The van der Waals surface area contributed by atoms with Gasteiger partial charge >= 0.3 is 0 Å². The number of hydrogen-bond donors (Lipinski definition) is 2. The Morgan fingerprint density at radius 2 is 1.88 bits per heavy atom. The standard InChI is InChI=1S/C18H24FN3O2/c19-14-7-5-12(6-8-14)9-16-18(24)22(11-17(23)21-16)10-13-3-1-2-4-15(13)20/h5-8,13,15-16H,1-4,9-11,20H2,(H,21,23)/t13?,15-,16+/m1/s1. The summed E-state index contributed by atoms with van der Waals surface area (Å²) in [7, 11) is 0. The van der Waals surface area contributed by atoms with Crippen molar-refractivity contribution in [1.29, 1.82) is 0 Å². The van der Waals surface area contributed by atoms with Crippen molar-refractivity contribution in [3.05, 3.63) is 35.6 Å². The van der Waals surface area contributed by atoms with E-state index in [1.54, 1.807) is 17.0 Å². The topological polar surface area (TPSA) is 75.4 Å². The molecule has 3 atom stereocenters. The molecular weight excluding hydrogens is 309 g/mol. The second-order valence-corrected chi connectivity index (χ2v) is 6.88. The number of carbonyl (C=O) groups is 2. The lowest BCUT2D eigenvalue weighted by atomic mass is 9.84. The average molecular weight is 333 g/mol. The Hall–Kier alpha value is -1.95. The second-order valence-electron chi connectivity index (χ2n) is 6.88. The Morgan fingerprint density at radius 3 is 2.58 bits per heavy atom. The molecule has 1 aromatic rings. The lowest BCUT2D eigenvalue weighted by Gasteiger charge is -2.37. The number of nitrogens with two attached hydrogens (primary N) is 1. The Labute approximate surface area is 141 Å². The first-order valence-electron chi connectivity index (χ1n) is 8.61. The molecule has 0 aromatic heterocycles. The van der Waals surface area contributed by atoms with Gasteiger partial charge in [-0.25, -0.2) is 4.39 Å². The number of nitrogens with one attached hydrogen (secondary N) is 1. The molecule has 1 aliphatic carbocycles. The van der Waals surface area contributed by atoms with Crippen molar-refractivity contribution in [2.24, 2.45) is 11.7 Å². The van der Waals surface area contributed by atoms with E-state index in [2.05, 4.69) is 5.32 Å². The fraction of sp³-hybridized carbons (Fsp3) is 0.556. The van der Waals surface area contributed by atoms with Crippen molar-refractivity contribution in [1.82, 2.24) is 10.2 Å². The molecule has 1 unspecified atom stereocenters. The lowest BCUT2D eigenvalue weighted by Crippen LogP contribution is -2.60. The Balaban J connectivity index is 1.66. The summed E-state index contributed by atoms with van der Waals surface area (Å²) in [6, 6.07) is 5.53. The van der Waals surface area contributed by atoms with Crippen LogP contribution in [0.4, 0.5) is 4.39 Å². The minimum absolute atomic E-state index is 0.0725. The maximum atomic E-state index is 13.0. The predicted octanol–water partition coefficient (Wildman–Crippen LogP) is 1.21. The summed E-state index contributed by atoms with van der Waals surface area (Å²) < 4.78 is 13.0. The molecule has 2 aliphatic rings. The first kappa shape index (κ1) is 16.9. The number of carbonyl (C=O) groups excluding carboxylic acids is 2. The van der Waals surface area contributed by atoms with Gasteiger partial charge in [0.2, 0.25) is 11.8 Å². The number of hydrogen-bond acceptors (Lipinski definition) is 3. The summed E-state index contributed by atoms with van der Waals surface area (Å²) in [6.45, 7) is 0.648. The zero-order valence-electron chi connectivity index (χ0n) is 13.7. The number of halogens is 1. The number of amides is 2. The van der Waals surface area contributed by atoms with Gasteiger partial charge in [-0.1, -0.05) is 25.0 Å². The molecule has 5 nitrogen and oxygen atoms in total. The Kier molecular flexibility index (Phi) is 5.14. The van der Waals surface area contributed by atoms with E-state index in [0.29, 0.717) is 13.0 Å². The molecule has 1 aromatic carbocycles. The molecule has 2 amide bonds. The third-order valence-corrected chi connectivity index (χ3v) is 5.06. The molecule has 2 fully saturated rings. The fourth-order valence-electron chi connectivity index (χ4n) is 3.67. The van der Waals surface area contributed by atoms with E-state index in [-0.39, 0.29) is 36.1 Å². The molecule has 1 heterocycles. The summed E-state index contributed by atoms with van der Waals surface area (Å²) in [4.78, 5) is 26.4. The van der Waals surface area contributed by atoms with Crippen LogP contribution in [0, 0.1) is 11.7 Å². The lowest BCUT2D eigenvalue weighted by molar-refractivity contribution is -0.145. The van der Waals surface area contributed by atoms with Crippen LogP contribution in [0.1, 0.15) is 31.2 Å². The van der Waals surface area contributed by atoms with E-state index in [9.17, 15) is 14.0 Å². The van der Waals surface area contributed by atoms with E-state index in [1.807, 2.05) is 0 Å². The first-order valence-corrected chi connectivity index (χ1v) is 8.61. The number of rotatable bonds is 4. The highest BCUT2D eigenvalue weighted by Gasteiger charge is 2.35. The third kappa shape index (κ3) is 3.93. The molecule has 3 N–H and O–H groups in total. The second kappa shape index (κ2) is 7.30. The van der Waals surface area contributed by atoms with Crippen LogP contribution in [-0.4, -0.2) is 41.9 Å². The molecule has 1 aliphatic heterocycles. The van der Waals surface area contributed by atoms with Crippen molar-refractivity contribution >= 4 is 11.8 Å². The van der Waals surface area contributed by atoms with E-state index in [0.717, 1.165) is 31.2 Å². The Bertz CT molecular complexity index is 605. The van der Waals surface area contributed by atoms with Crippen LogP contribution in [0.25, 0.3) is 0 Å². The highest BCUT2D eigenvalue weighted by atomic mass is 19.1. The van der Waals surface area contributed by atoms with Gasteiger partial charge in [-0.05, 0) is 36.5 Å². The quantitative estimate of drug-likeness (QED) is 0.870. The van der Waals surface area contributed by atoms with Gasteiger partial charge in [-0.3, -0.25) is 9.59 Å². The van der Waals surface area contributed by atoms with Crippen LogP contribution >= 0.6 is 0 Å². The van der Waals surface area contributed by atoms with Crippen LogP contribution < -0.4 is 11.1 Å². The SMILES string of the molecule is N[C@@H]1CCCCC1CN1CC(=O)N[C@@H](Cc2ccc(F)cc2)C1=O. The molecule has 3 rings (SSSR count). The smallest absolute Gasteiger partial charge is 0.245 e. The maximum Gasteiger partial charge on any atom is 0.245 e. The van der Waals surface area contributed by atoms with Crippen LogP contribution in [0.5, 0.6) is 0 Å². The van der Waals surface area contributed by atoms with Gasteiger partial charge in [0.25, 0.3) is 0 Å². The molecule has 1 saturated carbocycles. The summed E-state index contributed by atoms with van der Waals surface area (Å²) in [5.74, 6) is -0.270. The van der Waals surface area contributed by atoms with Crippen molar-refractivity contribution in [2.75, 3.05) is 13.1 Å². The van der Waals surface area contributed by atoms with Crippen LogP contribution in [0.3, 0.4) is 0 Å². The molecular formula is C18H24FN3O2. The zero-order valence-corrected chi connectivity index (χ0v) is 13.7. The zero-order chi connectivity index (χ0) is 17.1. The largest absolute Gasteiger partial charge is 0.342 e. The van der Waals surface area contributed by atoms with Crippen molar-refractivity contribution in [2.45, 2.75) is 44.2 Å². The monoisotopic (exact) mass is 333 g/mol. The summed E-state index contributed by atoms with van der Waals surface area (Å²) in [6.07, 6.45) is 4.63. The van der Waals surface area contributed by atoms with Gasteiger partial charge in [0, 0.05) is 19.0 Å². The van der Waals surface area contributed by atoms with Crippen LogP contribution in [-0.2, 0) is 16.0 Å². The normalized spacial score (nSPS) is 27.9. The van der Waals surface area contributed by atoms with Gasteiger partial charge in [0.1, 0.15) is 11.9 Å². The fourth-order valence-corrected chi connectivity index (χ4v) is 3.67. The molecule has 130 valence electrons. The molecule has 1 saturated heterocycles. The summed E-state index contributed by atoms with van der Waals surface area (Å²) in [5.41, 5.74) is 7.00. The van der Waals surface area contributed by atoms with E-state index < -0.39 is 6.04 Å². The first-order chi connectivity index (χ1) is 11.5. The molecule has 24 heavy (non-hydrogen) atoms.